The van der Waals surface area contributed by atoms with Crippen LogP contribution in [0.4, 0.5) is 0 Å². The summed E-state index contributed by atoms with van der Waals surface area (Å²) in [5, 5.41) is 22.9. The van der Waals surface area contributed by atoms with Crippen molar-refractivity contribution in [2.75, 3.05) is 0 Å². The molecule has 6 nitrogen and oxygen atoms in total. The van der Waals surface area contributed by atoms with Gasteiger partial charge in [0.2, 0.25) is 11.2 Å². The van der Waals surface area contributed by atoms with Crippen LogP contribution in [0.15, 0.2) is 121 Å². The lowest BCUT2D eigenvalue weighted by Gasteiger charge is -2.28. The first-order valence-corrected chi connectivity index (χ1v) is 10.6. The zero-order chi connectivity index (χ0) is 24.0. The van der Waals surface area contributed by atoms with Crippen molar-refractivity contribution in [1.29, 1.82) is 0 Å². The number of rotatable bonds is 6. The Balaban J connectivity index is 1.65. The maximum atomic E-state index is 13.1. The minimum absolute atomic E-state index is 0.226. The van der Waals surface area contributed by atoms with Crippen LogP contribution in [0.25, 0.3) is 0 Å². The third-order valence-corrected chi connectivity index (χ3v) is 5.55. The standard InChI is InChI=1S/C28H22O6/c29-25(27(31,21-13-5-1-6-14-21)22-15-7-2-8-16-22)33-34-26(30)28(32,23-17-9-3-10-18-23)24-19-11-4-12-20-24/h1-20,31-32H. The summed E-state index contributed by atoms with van der Waals surface area (Å²) in [5.41, 5.74) is -3.60. The molecule has 4 aromatic rings. The molecule has 0 aliphatic carbocycles. The average molecular weight is 454 g/mol. The van der Waals surface area contributed by atoms with Crippen molar-refractivity contribution >= 4 is 11.9 Å². The highest BCUT2D eigenvalue weighted by atomic mass is 17.2. The number of benzene rings is 4. The Morgan fingerprint density at radius 3 is 0.853 bits per heavy atom. The van der Waals surface area contributed by atoms with E-state index in [9.17, 15) is 19.8 Å². The maximum Gasteiger partial charge on any atom is 0.395 e. The maximum absolute atomic E-state index is 13.1. The minimum atomic E-state index is -2.25. The van der Waals surface area contributed by atoms with Crippen LogP contribution in [-0.4, -0.2) is 22.2 Å². The number of carbonyl (C=O) groups excluding carboxylic acids is 2. The highest BCUT2D eigenvalue weighted by Gasteiger charge is 2.46. The van der Waals surface area contributed by atoms with E-state index in [2.05, 4.69) is 0 Å². The summed E-state index contributed by atoms with van der Waals surface area (Å²) in [6.07, 6.45) is 0. The van der Waals surface area contributed by atoms with Crippen LogP contribution >= 0.6 is 0 Å². The number of hydrogen-bond donors (Lipinski definition) is 2. The molecule has 0 atom stereocenters. The number of aliphatic hydroxyl groups is 2. The van der Waals surface area contributed by atoms with E-state index < -0.39 is 23.1 Å². The molecule has 2 N–H and O–H groups in total. The van der Waals surface area contributed by atoms with Gasteiger partial charge in [-0.15, -0.1) is 0 Å². The van der Waals surface area contributed by atoms with Crippen LogP contribution in [0.1, 0.15) is 22.3 Å². The molecule has 0 heterocycles. The van der Waals surface area contributed by atoms with Crippen LogP contribution in [-0.2, 0) is 30.6 Å². The second-order valence-electron chi connectivity index (χ2n) is 7.63. The molecule has 6 heteroatoms. The summed E-state index contributed by atoms with van der Waals surface area (Å²) in [6.45, 7) is 0. The molecule has 0 aliphatic rings. The van der Waals surface area contributed by atoms with Crippen LogP contribution in [0, 0.1) is 0 Å². The lowest BCUT2D eigenvalue weighted by molar-refractivity contribution is -0.278. The van der Waals surface area contributed by atoms with Gasteiger partial charge in [0.1, 0.15) is 0 Å². The van der Waals surface area contributed by atoms with Gasteiger partial charge >= 0.3 is 11.9 Å². The first kappa shape index (κ1) is 22.9. The molecule has 170 valence electrons. The van der Waals surface area contributed by atoms with Crippen molar-refractivity contribution in [3.8, 4) is 0 Å². The Morgan fingerprint density at radius 2 is 0.647 bits per heavy atom. The first-order chi connectivity index (χ1) is 16.5. The topological polar surface area (TPSA) is 93.1 Å². The van der Waals surface area contributed by atoms with E-state index in [0.717, 1.165) is 0 Å². The van der Waals surface area contributed by atoms with Crippen LogP contribution in [0.3, 0.4) is 0 Å². The summed E-state index contributed by atoms with van der Waals surface area (Å²) >= 11 is 0. The highest BCUT2D eigenvalue weighted by Crippen LogP contribution is 2.33. The van der Waals surface area contributed by atoms with E-state index in [0.29, 0.717) is 0 Å². The number of carbonyl (C=O) groups is 2. The Morgan fingerprint density at radius 1 is 0.441 bits per heavy atom. The summed E-state index contributed by atoms with van der Waals surface area (Å²) in [6, 6.07) is 32.7. The second kappa shape index (κ2) is 9.70. The second-order valence-corrected chi connectivity index (χ2v) is 7.63. The molecule has 0 bridgehead atoms. The quantitative estimate of drug-likeness (QED) is 0.340. The molecule has 0 amide bonds. The predicted octanol–water partition coefficient (Wildman–Crippen LogP) is 3.86. The molecule has 0 fully saturated rings. The summed E-state index contributed by atoms with van der Waals surface area (Å²) in [4.78, 5) is 36.0. The first-order valence-electron chi connectivity index (χ1n) is 10.6. The van der Waals surface area contributed by atoms with Gasteiger partial charge in [-0.2, -0.15) is 0 Å². The van der Waals surface area contributed by atoms with Crippen LogP contribution in [0.5, 0.6) is 0 Å². The molecule has 0 aromatic heterocycles. The Labute approximate surface area is 196 Å². The third kappa shape index (κ3) is 4.20. The van der Waals surface area contributed by atoms with Crippen molar-refractivity contribution in [2.45, 2.75) is 11.2 Å². The van der Waals surface area contributed by atoms with Gasteiger partial charge in [-0.25, -0.2) is 19.4 Å². The van der Waals surface area contributed by atoms with Crippen molar-refractivity contribution in [3.05, 3.63) is 144 Å². The van der Waals surface area contributed by atoms with E-state index in [1.807, 2.05) is 0 Å². The minimum Gasteiger partial charge on any atom is -0.370 e. The monoisotopic (exact) mass is 454 g/mol. The molecule has 0 saturated heterocycles. The molecule has 0 radical (unpaired) electrons. The lowest BCUT2D eigenvalue weighted by Crippen LogP contribution is -2.42. The summed E-state index contributed by atoms with van der Waals surface area (Å²) in [7, 11) is 0. The molecule has 0 unspecified atom stereocenters. The zero-order valence-electron chi connectivity index (χ0n) is 18.1. The van der Waals surface area contributed by atoms with Gasteiger partial charge in [-0.05, 0) is 22.3 Å². The molecule has 0 spiro atoms. The van der Waals surface area contributed by atoms with Gasteiger partial charge in [0, 0.05) is 0 Å². The Hall–Kier alpha value is -4.26. The van der Waals surface area contributed by atoms with Gasteiger partial charge in [0.15, 0.2) is 0 Å². The summed E-state index contributed by atoms with van der Waals surface area (Å²) in [5.74, 6) is -2.47. The lowest BCUT2D eigenvalue weighted by atomic mass is 9.86. The fourth-order valence-corrected chi connectivity index (χ4v) is 3.72. The van der Waals surface area contributed by atoms with Gasteiger partial charge in [-0.1, -0.05) is 121 Å². The van der Waals surface area contributed by atoms with E-state index in [1.54, 1.807) is 121 Å². The molecule has 34 heavy (non-hydrogen) atoms. The van der Waals surface area contributed by atoms with Crippen LogP contribution in [0.2, 0.25) is 0 Å². The predicted molar refractivity (Wildman–Crippen MR) is 124 cm³/mol. The van der Waals surface area contributed by atoms with E-state index in [1.165, 1.54) is 0 Å². The van der Waals surface area contributed by atoms with Crippen molar-refractivity contribution < 1.29 is 29.6 Å². The molecule has 0 aliphatic heterocycles. The fraction of sp³-hybridized carbons (Fsp3) is 0.0714. The molecular formula is C28H22O6. The van der Waals surface area contributed by atoms with Crippen molar-refractivity contribution in [3.63, 3.8) is 0 Å². The largest absolute Gasteiger partial charge is 0.395 e. The molecular weight excluding hydrogens is 432 g/mol. The zero-order valence-corrected chi connectivity index (χ0v) is 18.1. The Kier molecular flexibility index (Phi) is 6.54. The highest BCUT2D eigenvalue weighted by molar-refractivity contribution is 5.88. The van der Waals surface area contributed by atoms with Gasteiger partial charge < -0.3 is 10.2 Å². The van der Waals surface area contributed by atoms with Crippen LogP contribution < -0.4 is 0 Å². The normalized spacial score (nSPS) is 11.5. The van der Waals surface area contributed by atoms with Gasteiger partial charge in [0.25, 0.3) is 0 Å². The van der Waals surface area contributed by atoms with E-state index in [4.69, 9.17) is 9.78 Å². The average Bonchev–Trinajstić information content (AvgIpc) is 2.92. The fourth-order valence-electron chi connectivity index (χ4n) is 3.72. The van der Waals surface area contributed by atoms with E-state index in [-0.39, 0.29) is 22.3 Å². The van der Waals surface area contributed by atoms with Gasteiger partial charge in [0.05, 0.1) is 0 Å². The number of hydrogen-bond acceptors (Lipinski definition) is 6. The Bertz CT molecular complexity index is 1060. The van der Waals surface area contributed by atoms with Gasteiger partial charge in [-0.3, -0.25) is 0 Å². The molecule has 0 saturated carbocycles. The summed E-state index contributed by atoms with van der Waals surface area (Å²) < 4.78 is 0. The molecule has 4 aromatic carbocycles. The third-order valence-electron chi connectivity index (χ3n) is 5.55. The molecule has 4 rings (SSSR count). The van der Waals surface area contributed by atoms with Crippen molar-refractivity contribution in [1.82, 2.24) is 0 Å². The van der Waals surface area contributed by atoms with E-state index >= 15 is 0 Å². The smallest absolute Gasteiger partial charge is 0.370 e. The van der Waals surface area contributed by atoms with Crippen molar-refractivity contribution in [2.24, 2.45) is 0 Å². The SMILES string of the molecule is O=C(OOC(=O)C(O)(c1ccccc1)c1ccccc1)C(O)(c1ccccc1)c1ccccc1.